The Morgan fingerprint density at radius 2 is 1.69 bits per heavy atom. The molecule has 1 aliphatic heterocycles. The predicted octanol–water partition coefficient (Wildman–Crippen LogP) is 2.35. The fraction of sp³-hybridized carbons (Fsp3) is 0.276. The van der Waals surface area contributed by atoms with Crippen molar-refractivity contribution in [3.8, 4) is 11.5 Å². The fourth-order valence-corrected chi connectivity index (χ4v) is 5.53. The van der Waals surface area contributed by atoms with Gasteiger partial charge in [0.05, 0.1) is 48.5 Å². The first-order valence-corrected chi connectivity index (χ1v) is 13.2. The molecule has 3 aromatic rings. The molecule has 1 atom stereocenters. The lowest BCUT2D eigenvalue weighted by Gasteiger charge is -2.27. The van der Waals surface area contributed by atoms with E-state index in [4.69, 9.17) is 24.7 Å². The van der Waals surface area contributed by atoms with Gasteiger partial charge in [-0.3, -0.25) is 9.36 Å². The molecule has 0 amide bonds. The highest BCUT2D eigenvalue weighted by atomic mass is 32.1. The van der Waals surface area contributed by atoms with E-state index < -0.39 is 29.5 Å². The zero-order valence-electron chi connectivity index (χ0n) is 22.3. The summed E-state index contributed by atoms with van der Waals surface area (Å²) in [4.78, 5) is 40.7. The molecule has 0 saturated carbocycles. The largest absolute Gasteiger partial charge is 0.497 e. The van der Waals surface area contributed by atoms with E-state index in [0.717, 1.165) is 16.9 Å². The van der Waals surface area contributed by atoms with E-state index in [1.54, 1.807) is 76.4 Å². The summed E-state index contributed by atoms with van der Waals surface area (Å²) in [6.45, 7) is 5.19. The van der Waals surface area contributed by atoms with Crippen LogP contribution in [0, 0.1) is 0 Å². The standard InChI is InChI=1S/C29H30N2O7S/c1-6-37-28(33)23-22(18-10-8-12-20(15-18)36-5)24(29(34)38-16(2)3)27-31(25(23)30)26(32)21(39-27)14-17-9-7-11-19(13-17)35-4/h7-16,22H,6,30H2,1-5H3/b21-14-/t22-/m1/s1. The minimum atomic E-state index is -0.965. The highest BCUT2D eigenvalue weighted by Crippen LogP contribution is 2.39. The van der Waals surface area contributed by atoms with Crippen molar-refractivity contribution in [1.29, 1.82) is 0 Å². The van der Waals surface area contributed by atoms with Gasteiger partial charge in [0.25, 0.3) is 5.56 Å². The molecule has 4 rings (SSSR count). The van der Waals surface area contributed by atoms with Gasteiger partial charge in [0.15, 0.2) is 0 Å². The summed E-state index contributed by atoms with van der Waals surface area (Å²) in [5.74, 6) is -1.33. The highest BCUT2D eigenvalue weighted by Gasteiger charge is 2.40. The SMILES string of the molecule is CCOC(=O)C1=C(N)n2c(s/c(=C\c3cccc(OC)c3)c2=O)=C(C(=O)OC(C)C)[C@@H]1c1cccc(OC)c1. The van der Waals surface area contributed by atoms with Crippen LogP contribution in [0.1, 0.15) is 37.8 Å². The van der Waals surface area contributed by atoms with Crippen molar-refractivity contribution in [2.24, 2.45) is 5.73 Å². The third-order valence-corrected chi connectivity index (χ3v) is 7.13. The number of thiazole rings is 1. The number of esters is 2. The molecular formula is C29H30N2O7S. The number of hydrogen-bond acceptors (Lipinski definition) is 9. The summed E-state index contributed by atoms with van der Waals surface area (Å²) in [6, 6.07) is 14.2. The Morgan fingerprint density at radius 1 is 1.03 bits per heavy atom. The van der Waals surface area contributed by atoms with Crippen molar-refractivity contribution in [1.82, 2.24) is 4.57 Å². The van der Waals surface area contributed by atoms with E-state index >= 15 is 0 Å². The van der Waals surface area contributed by atoms with Crippen molar-refractivity contribution in [3.05, 3.63) is 84.8 Å². The number of ether oxygens (including phenoxy) is 4. The molecule has 0 radical (unpaired) electrons. The molecule has 9 nitrogen and oxygen atoms in total. The molecule has 10 heteroatoms. The summed E-state index contributed by atoms with van der Waals surface area (Å²) < 4.78 is 23.4. The Morgan fingerprint density at radius 3 is 2.33 bits per heavy atom. The summed E-state index contributed by atoms with van der Waals surface area (Å²) >= 11 is 1.09. The Bertz CT molecular complexity index is 1630. The van der Waals surface area contributed by atoms with E-state index in [-0.39, 0.29) is 28.2 Å². The van der Waals surface area contributed by atoms with Crippen molar-refractivity contribution in [2.75, 3.05) is 20.8 Å². The van der Waals surface area contributed by atoms with Gasteiger partial charge in [0.1, 0.15) is 22.0 Å². The summed E-state index contributed by atoms with van der Waals surface area (Å²) in [6.07, 6.45) is 1.23. The van der Waals surface area contributed by atoms with Crippen LogP contribution in [0.5, 0.6) is 11.5 Å². The van der Waals surface area contributed by atoms with Crippen LogP contribution in [0.25, 0.3) is 17.5 Å². The van der Waals surface area contributed by atoms with Crippen LogP contribution in [-0.4, -0.2) is 43.4 Å². The van der Waals surface area contributed by atoms with Crippen molar-refractivity contribution >= 4 is 40.7 Å². The Labute approximate surface area is 229 Å². The molecule has 0 saturated heterocycles. The molecule has 0 aliphatic carbocycles. The Kier molecular flexibility index (Phi) is 8.25. The molecule has 0 bridgehead atoms. The summed E-state index contributed by atoms with van der Waals surface area (Å²) in [7, 11) is 3.08. The van der Waals surface area contributed by atoms with Gasteiger partial charge in [-0.1, -0.05) is 24.3 Å². The minimum absolute atomic E-state index is 0.0267. The van der Waals surface area contributed by atoms with E-state index in [9.17, 15) is 14.4 Å². The van der Waals surface area contributed by atoms with Gasteiger partial charge in [-0.15, -0.1) is 11.3 Å². The average Bonchev–Trinajstić information content (AvgIpc) is 3.23. The number of fused-ring (bicyclic) bond motifs is 1. The van der Waals surface area contributed by atoms with E-state index in [1.165, 1.54) is 11.7 Å². The number of aromatic nitrogens is 1. The molecule has 204 valence electrons. The maximum atomic E-state index is 13.7. The van der Waals surface area contributed by atoms with Gasteiger partial charge in [-0.2, -0.15) is 0 Å². The Balaban J connectivity index is 2.11. The van der Waals surface area contributed by atoms with Crippen LogP contribution in [0.15, 0.2) is 58.9 Å². The number of methoxy groups -OCH3 is 2. The topological polar surface area (TPSA) is 119 Å². The lowest BCUT2D eigenvalue weighted by atomic mass is 9.83. The van der Waals surface area contributed by atoms with Crippen molar-refractivity contribution < 1.29 is 28.5 Å². The van der Waals surface area contributed by atoms with Gasteiger partial charge in [0.2, 0.25) is 0 Å². The highest BCUT2D eigenvalue weighted by molar-refractivity contribution is 7.07. The second kappa shape index (κ2) is 11.6. The van der Waals surface area contributed by atoms with Crippen LogP contribution < -0.4 is 30.0 Å². The molecule has 2 aromatic carbocycles. The predicted molar refractivity (Wildman–Crippen MR) is 149 cm³/mol. The third kappa shape index (κ3) is 5.46. The first-order valence-electron chi connectivity index (χ1n) is 12.3. The van der Waals surface area contributed by atoms with Crippen LogP contribution >= 0.6 is 11.3 Å². The molecule has 1 aliphatic rings. The molecule has 39 heavy (non-hydrogen) atoms. The minimum Gasteiger partial charge on any atom is -0.497 e. The molecule has 0 fully saturated rings. The molecule has 2 N–H and O–H groups in total. The van der Waals surface area contributed by atoms with Crippen LogP contribution in [-0.2, 0) is 19.1 Å². The normalized spacial score (nSPS) is 15.3. The van der Waals surface area contributed by atoms with Gasteiger partial charge >= 0.3 is 11.9 Å². The van der Waals surface area contributed by atoms with Crippen LogP contribution in [0.2, 0.25) is 0 Å². The van der Waals surface area contributed by atoms with E-state index in [1.807, 2.05) is 6.07 Å². The molecule has 1 aromatic heterocycles. The first-order chi connectivity index (χ1) is 18.7. The zero-order chi connectivity index (χ0) is 28.3. The van der Waals surface area contributed by atoms with Crippen LogP contribution in [0.3, 0.4) is 0 Å². The van der Waals surface area contributed by atoms with E-state index in [0.29, 0.717) is 21.6 Å². The number of benzene rings is 2. The lowest BCUT2D eigenvalue weighted by molar-refractivity contribution is -0.140. The maximum absolute atomic E-state index is 13.7. The third-order valence-electron chi connectivity index (χ3n) is 6.02. The smallest absolute Gasteiger partial charge is 0.338 e. The molecular weight excluding hydrogens is 520 g/mol. The van der Waals surface area contributed by atoms with Crippen molar-refractivity contribution in [2.45, 2.75) is 32.8 Å². The quantitative estimate of drug-likeness (QED) is 0.425. The van der Waals surface area contributed by atoms with Crippen molar-refractivity contribution in [3.63, 3.8) is 0 Å². The molecule has 2 heterocycles. The second-order valence-corrected chi connectivity index (χ2v) is 9.96. The number of rotatable bonds is 8. The molecule has 0 spiro atoms. The Hall–Kier alpha value is -4.31. The molecule has 0 unspecified atom stereocenters. The van der Waals surface area contributed by atoms with Gasteiger partial charge in [-0.25, -0.2) is 9.59 Å². The lowest BCUT2D eigenvalue weighted by Crippen LogP contribution is -2.42. The van der Waals surface area contributed by atoms with E-state index in [2.05, 4.69) is 0 Å². The average molecular weight is 551 g/mol. The van der Waals surface area contributed by atoms with Gasteiger partial charge in [-0.05, 0) is 62.2 Å². The summed E-state index contributed by atoms with van der Waals surface area (Å²) in [5.41, 5.74) is 7.44. The number of carbonyl (C=O) groups is 2. The number of nitrogens with two attached hydrogens (primary N) is 1. The summed E-state index contributed by atoms with van der Waals surface area (Å²) in [5, 5.41) is 0. The fourth-order valence-electron chi connectivity index (χ4n) is 4.37. The zero-order valence-corrected chi connectivity index (χ0v) is 23.2. The van der Waals surface area contributed by atoms with Crippen LogP contribution in [0.4, 0.5) is 0 Å². The second-order valence-electron chi connectivity index (χ2n) is 8.93. The number of nitrogens with zero attached hydrogens (tertiary/aromatic N) is 1. The monoisotopic (exact) mass is 550 g/mol. The number of carbonyl (C=O) groups excluding carboxylic acids is 2. The van der Waals surface area contributed by atoms with Gasteiger partial charge in [0, 0.05) is 0 Å². The number of hydrogen-bond donors (Lipinski definition) is 1. The first kappa shape index (κ1) is 27.7. The maximum Gasteiger partial charge on any atom is 0.338 e. The van der Waals surface area contributed by atoms with Gasteiger partial charge < -0.3 is 24.7 Å².